The molecule has 1 atom stereocenters. The van der Waals surface area contributed by atoms with Gasteiger partial charge >= 0.3 is 5.97 Å². The van der Waals surface area contributed by atoms with Crippen LogP contribution < -0.4 is 4.90 Å². The summed E-state index contributed by atoms with van der Waals surface area (Å²) >= 11 is 0. The molecular formula is C17H20N2O4. The second-order valence-electron chi connectivity index (χ2n) is 6.54. The Labute approximate surface area is 134 Å². The number of amides is 2. The Bertz CT molecular complexity index is 672. The van der Waals surface area contributed by atoms with Crippen LogP contribution in [0, 0.1) is 5.41 Å². The van der Waals surface area contributed by atoms with Crippen LogP contribution in [-0.2, 0) is 9.59 Å². The van der Waals surface area contributed by atoms with Crippen LogP contribution in [0.4, 0.5) is 5.69 Å². The summed E-state index contributed by atoms with van der Waals surface area (Å²) < 4.78 is 0. The molecule has 122 valence electrons. The van der Waals surface area contributed by atoms with E-state index in [0.717, 1.165) is 12.1 Å². The summed E-state index contributed by atoms with van der Waals surface area (Å²) in [6.07, 6.45) is 1.83. The molecule has 1 aromatic carbocycles. The summed E-state index contributed by atoms with van der Waals surface area (Å²) in [7, 11) is 0. The average molecular weight is 316 g/mol. The number of hydrogen-bond acceptors (Lipinski definition) is 3. The summed E-state index contributed by atoms with van der Waals surface area (Å²) in [5, 5.41) is 9.28. The molecule has 0 aromatic heterocycles. The van der Waals surface area contributed by atoms with Gasteiger partial charge < -0.3 is 14.9 Å². The van der Waals surface area contributed by atoms with Crippen LogP contribution in [0.15, 0.2) is 24.3 Å². The number of anilines is 1. The lowest BCUT2D eigenvalue weighted by molar-refractivity contribution is -0.147. The fraction of sp³-hybridized carbons (Fsp3) is 0.471. The van der Waals surface area contributed by atoms with Gasteiger partial charge in [0.05, 0.1) is 5.41 Å². The zero-order valence-corrected chi connectivity index (χ0v) is 13.1. The van der Waals surface area contributed by atoms with Crippen molar-refractivity contribution in [2.75, 3.05) is 24.5 Å². The van der Waals surface area contributed by atoms with Gasteiger partial charge in [0.2, 0.25) is 5.91 Å². The van der Waals surface area contributed by atoms with Crippen LogP contribution in [0.1, 0.15) is 36.5 Å². The molecule has 1 N–H and O–H groups in total. The molecule has 23 heavy (non-hydrogen) atoms. The number of carbonyl (C=O) groups excluding carboxylic acids is 2. The molecule has 0 bridgehead atoms. The standard InChI is InChI=1S/C17H20N2O4/c1-17(16(22)23)7-9-18(11-17)15(21)12-4-2-5-13(10-12)19-8-3-6-14(19)20/h2,4-5,10H,3,6-9,11H2,1H3,(H,22,23). The Morgan fingerprint density at radius 3 is 2.65 bits per heavy atom. The number of carboxylic acids is 1. The number of nitrogens with zero attached hydrogens (tertiary/aromatic N) is 2. The smallest absolute Gasteiger partial charge is 0.311 e. The molecule has 0 radical (unpaired) electrons. The number of likely N-dealkylation sites (tertiary alicyclic amines) is 1. The predicted molar refractivity (Wildman–Crippen MR) is 84.3 cm³/mol. The minimum absolute atomic E-state index is 0.0780. The third-order valence-corrected chi connectivity index (χ3v) is 4.76. The first-order valence-corrected chi connectivity index (χ1v) is 7.84. The Hall–Kier alpha value is -2.37. The SMILES string of the molecule is CC1(C(=O)O)CCN(C(=O)c2cccc(N3CCCC3=O)c2)C1. The maximum absolute atomic E-state index is 12.6. The maximum atomic E-state index is 12.6. The summed E-state index contributed by atoms with van der Waals surface area (Å²) in [6.45, 7) is 3.00. The summed E-state index contributed by atoms with van der Waals surface area (Å²) in [6, 6.07) is 7.02. The van der Waals surface area contributed by atoms with Crippen molar-refractivity contribution < 1.29 is 19.5 Å². The van der Waals surface area contributed by atoms with Gasteiger partial charge in [-0.2, -0.15) is 0 Å². The number of rotatable bonds is 3. The quantitative estimate of drug-likeness (QED) is 0.921. The van der Waals surface area contributed by atoms with Crippen molar-refractivity contribution in [1.29, 1.82) is 0 Å². The van der Waals surface area contributed by atoms with Gasteiger partial charge in [-0.05, 0) is 38.0 Å². The van der Waals surface area contributed by atoms with Crippen molar-refractivity contribution in [1.82, 2.24) is 4.90 Å². The van der Waals surface area contributed by atoms with Crippen LogP contribution in [-0.4, -0.2) is 47.4 Å². The largest absolute Gasteiger partial charge is 0.481 e. The first kappa shape index (κ1) is 15.5. The first-order valence-electron chi connectivity index (χ1n) is 7.84. The summed E-state index contributed by atoms with van der Waals surface area (Å²) in [5.74, 6) is -0.970. The van der Waals surface area contributed by atoms with Crippen LogP contribution in [0.5, 0.6) is 0 Å². The molecule has 0 spiro atoms. The van der Waals surface area contributed by atoms with Crippen LogP contribution >= 0.6 is 0 Å². The maximum Gasteiger partial charge on any atom is 0.311 e. The molecule has 0 saturated carbocycles. The highest BCUT2D eigenvalue weighted by atomic mass is 16.4. The number of aliphatic carboxylic acids is 1. The molecule has 2 aliphatic rings. The van der Waals surface area contributed by atoms with E-state index in [-0.39, 0.29) is 18.4 Å². The van der Waals surface area contributed by atoms with E-state index in [1.807, 2.05) is 6.07 Å². The van der Waals surface area contributed by atoms with Crippen molar-refractivity contribution in [2.24, 2.45) is 5.41 Å². The van der Waals surface area contributed by atoms with Gasteiger partial charge in [-0.1, -0.05) is 6.07 Å². The van der Waals surface area contributed by atoms with Crippen molar-refractivity contribution in [3.8, 4) is 0 Å². The van der Waals surface area contributed by atoms with E-state index in [1.54, 1.807) is 34.9 Å². The normalized spacial score (nSPS) is 24.3. The highest BCUT2D eigenvalue weighted by Crippen LogP contribution is 2.31. The molecule has 6 heteroatoms. The Morgan fingerprint density at radius 2 is 2.04 bits per heavy atom. The lowest BCUT2D eigenvalue weighted by atomic mass is 9.90. The van der Waals surface area contributed by atoms with Crippen molar-refractivity contribution in [3.63, 3.8) is 0 Å². The number of carboxylic acid groups (broad SMARTS) is 1. The van der Waals surface area contributed by atoms with E-state index in [1.165, 1.54) is 0 Å². The zero-order valence-electron chi connectivity index (χ0n) is 13.1. The van der Waals surface area contributed by atoms with Gasteiger partial charge in [0.1, 0.15) is 0 Å². The Morgan fingerprint density at radius 1 is 1.26 bits per heavy atom. The molecule has 1 unspecified atom stereocenters. The van der Waals surface area contributed by atoms with E-state index in [4.69, 9.17) is 0 Å². The summed E-state index contributed by atoms with van der Waals surface area (Å²) in [4.78, 5) is 39.1. The van der Waals surface area contributed by atoms with Crippen LogP contribution in [0.2, 0.25) is 0 Å². The monoisotopic (exact) mass is 316 g/mol. The van der Waals surface area contributed by atoms with Gasteiger partial charge in [0.15, 0.2) is 0 Å². The van der Waals surface area contributed by atoms with E-state index < -0.39 is 11.4 Å². The summed E-state index contributed by atoms with van der Waals surface area (Å²) in [5.41, 5.74) is 0.355. The Kier molecular flexibility index (Phi) is 3.83. The Balaban J connectivity index is 1.78. The minimum atomic E-state index is -0.877. The van der Waals surface area contributed by atoms with Crippen LogP contribution in [0.3, 0.4) is 0 Å². The van der Waals surface area contributed by atoms with Crippen molar-refractivity contribution in [3.05, 3.63) is 29.8 Å². The molecule has 2 heterocycles. The highest BCUT2D eigenvalue weighted by molar-refractivity contribution is 5.99. The molecule has 2 amide bonds. The molecule has 2 fully saturated rings. The first-order chi connectivity index (χ1) is 10.9. The second kappa shape index (κ2) is 5.68. The van der Waals surface area contributed by atoms with Gasteiger partial charge in [-0.25, -0.2) is 0 Å². The molecule has 6 nitrogen and oxygen atoms in total. The van der Waals surface area contributed by atoms with Crippen LogP contribution in [0.25, 0.3) is 0 Å². The lowest BCUT2D eigenvalue weighted by Crippen LogP contribution is -2.35. The number of benzene rings is 1. The fourth-order valence-electron chi connectivity index (χ4n) is 3.22. The molecule has 0 aliphatic carbocycles. The van der Waals surface area contributed by atoms with Gasteiger partial charge in [0.25, 0.3) is 5.91 Å². The third-order valence-electron chi connectivity index (χ3n) is 4.76. The molecule has 3 rings (SSSR count). The molecule has 1 aromatic rings. The molecule has 2 saturated heterocycles. The lowest BCUT2D eigenvalue weighted by Gasteiger charge is -2.21. The minimum Gasteiger partial charge on any atom is -0.481 e. The molecular weight excluding hydrogens is 296 g/mol. The molecule has 2 aliphatic heterocycles. The van der Waals surface area contributed by atoms with Gasteiger partial charge in [-0.3, -0.25) is 14.4 Å². The average Bonchev–Trinajstić information content (AvgIpc) is 3.14. The zero-order chi connectivity index (χ0) is 16.6. The van der Waals surface area contributed by atoms with Gasteiger partial charge in [-0.15, -0.1) is 0 Å². The highest BCUT2D eigenvalue weighted by Gasteiger charge is 2.42. The van der Waals surface area contributed by atoms with E-state index in [0.29, 0.717) is 31.5 Å². The van der Waals surface area contributed by atoms with Crippen molar-refractivity contribution in [2.45, 2.75) is 26.2 Å². The van der Waals surface area contributed by atoms with Crippen molar-refractivity contribution >= 4 is 23.5 Å². The van der Waals surface area contributed by atoms with E-state index >= 15 is 0 Å². The fourth-order valence-corrected chi connectivity index (χ4v) is 3.22. The topological polar surface area (TPSA) is 77.9 Å². The number of carbonyl (C=O) groups is 3. The third kappa shape index (κ3) is 2.81. The van der Waals surface area contributed by atoms with Gasteiger partial charge in [0, 0.05) is 37.3 Å². The second-order valence-corrected chi connectivity index (χ2v) is 6.54. The predicted octanol–water partition coefficient (Wildman–Crippen LogP) is 1.75. The van der Waals surface area contributed by atoms with E-state index in [2.05, 4.69) is 0 Å². The van der Waals surface area contributed by atoms with E-state index in [9.17, 15) is 19.5 Å². The number of hydrogen-bond donors (Lipinski definition) is 1.